The lowest BCUT2D eigenvalue weighted by Crippen LogP contribution is -2.40. The van der Waals surface area contributed by atoms with Crippen LogP contribution in [0.2, 0.25) is 5.02 Å². The van der Waals surface area contributed by atoms with E-state index in [0.717, 1.165) is 0 Å². The van der Waals surface area contributed by atoms with Crippen LogP contribution in [0.5, 0.6) is 5.88 Å². The molecule has 3 amide bonds. The third-order valence-corrected chi connectivity index (χ3v) is 8.86. The maximum Gasteiger partial charge on any atom is 0.345 e. The molecular weight excluding hydrogens is 622 g/mol. The second-order valence-electron chi connectivity index (χ2n) is 9.84. The predicted molar refractivity (Wildman–Crippen MR) is 158 cm³/mol. The van der Waals surface area contributed by atoms with Gasteiger partial charge in [0.25, 0.3) is 5.91 Å². The summed E-state index contributed by atoms with van der Waals surface area (Å²) in [5.41, 5.74) is 5.93. The number of urea groups is 1. The van der Waals surface area contributed by atoms with Gasteiger partial charge in [-0.2, -0.15) is 8.78 Å². The second kappa shape index (κ2) is 14.6. The molecule has 1 unspecified atom stereocenters. The predicted octanol–water partition coefficient (Wildman–Crippen LogP) is 3.33. The lowest BCUT2D eigenvalue weighted by molar-refractivity contribution is -0.131. The fourth-order valence-corrected chi connectivity index (χ4v) is 5.64. The number of anilines is 1. The van der Waals surface area contributed by atoms with Crippen LogP contribution in [0.1, 0.15) is 35.3 Å². The number of ether oxygens (including phenoxy) is 2. The largest absolute Gasteiger partial charge is 0.472 e. The van der Waals surface area contributed by atoms with E-state index in [1.165, 1.54) is 37.5 Å². The van der Waals surface area contributed by atoms with Gasteiger partial charge in [-0.15, -0.1) is 0 Å². The van der Waals surface area contributed by atoms with E-state index in [-0.39, 0.29) is 29.4 Å². The second-order valence-corrected chi connectivity index (χ2v) is 12.6. The van der Waals surface area contributed by atoms with Crippen molar-refractivity contribution in [2.75, 3.05) is 30.3 Å². The summed E-state index contributed by atoms with van der Waals surface area (Å²) in [5.74, 6) is 0.152. The zero-order valence-corrected chi connectivity index (χ0v) is 25.1. The molecule has 1 aliphatic heterocycles. The Morgan fingerprint density at radius 2 is 1.86 bits per heavy atom. The van der Waals surface area contributed by atoms with Gasteiger partial charge in [0.1, 0.15) is 11.9 Å². The molecule has 0 spiro atoms. The maximum absolute atomic E-state index is 13.2. The van der Waals surface area contributed by atoms with Crippen LogP contribution < -0.4 is 26.0 Å². The first kappa shape index (κ1) is 32.8. The molecule has 1 saturated heterocycles. The Morgan fingerprint density at radius 3 is 2.45 bits per heavy atom. The van der Waals surface area contributed by atoms with Gasteiger partial charge in [0, 0.05) is 31.4 Å². The van der Waals surface area contributed by atoms with Crippen LogP contribution >= 0.6 is 11.6 Å². The van der Waals surface area contributed by atoms with E-state index in [1.54, 1.807) is 35.2 Å². The van der Waals surface area contributed by atoms with Crippen molar-refractivity contribution in [3.8, 4) is 5.88 Å². The van der Waals surface area contributed by atoms with Crippen molar-refractivity contribution in [1.82, 2.24) is 20.6 Å². The molecule has 0 radical (unpaired) electrons. The number of nitrogens with zero attached hydrogens (tertiary/aromatic N) is 3. The number of benzene rings is 1. The van der Waals surface area contributed by atoms with Gasteiger partial charge in [0.05, 0.1) is 46.5 Å². The molecule has 0 aliphatic carbocycles. The molecule has 4 N–H and O–H groups in total. The minimum absolute atomic E-state index is 0.0596. The maximum atomic E-state index is 13.2. The highest BCUT2D eigenvalue weighted by molar-refractivity contribution is 7.91. The van der Waals surface area contributed by atoms with Gasteiger partial charge in [-0.05, 0) is 35.9 Å². The molecule has 1 aliphatic rings. The first-order valence-electron chi connectivity index (χ1n) is 13.5. The molecule has 1 fully saturated rings. The first-order valence-corrected chi connectivity index (χ1v) is 15.6. The van der Waals surface area contributed by atoms with E-state index < -0.39 is 46.6 Å². The monoisotopic (exact) mass is 652 g/mol. The van der Waals surface area contributed by atoms with Crippen molar-refractivity contribution in [3.63, 3.8) is 0 Å². The standard InChI is InChI=1S/C28H31ClF2N6O6S/c1-2-44(40,41)22-7-3-17(4-8-22)23(14-35-28(32)39)36-26(38)18-5-9-24(33-12-18)37-15-21(11-20(37)16-42-27(30)31)43-25-10-6-19(29)13-34-25/h3-10,12-13,20-21,23,27H,2,11,14-16H2,1H3,(H,36,38)(H3,32,35,39)/t20-,21?,23-/m0/s1. The fourth-order valence-electron chi connectivity index (χ4n) is 4.65. The molecule has 44 heavy (non-hydrogen) atoms. The Bertz CT molecular complexity index is 1530. The van der Waals surface area contributed by atoms with Gasteiger partial charge in [-0.1, -0.05) is 30.7 Å². The molecule has 2 aromatic heterocycles. The number of carbonyl (C=O) groups excluding carboxylic acids is 2. The van der Waals surface area contributed by atoms with Crippen molar-refractivity contribution in [2.45, 2.75) is 43.0 Å². The highest BCUT2D eigenvalue weighted by Crippen LogP contribution is 2.28. The summed E-state index contributed by atoms with van der Waals surface area (Å²) < 4.78 is 60.5. The number of amides is 3. The summed E-state index contributed by atoms with van der Waals surface area (Å²) in [6.07, 6.45) is 2.72. The van der Waals surface area contributed by atoms with E-state index >= 15 is 0 Å². The zero-order chi connectivity index (χ0) is 31.9. The average Bonchev–Trinajstić information content (AvgIpc) is 3.41. The summed E-state index contributed by atoms with van der Waals surface area (Å²) in [4.78, 5) is 34.9. The smallest absolute Gasteiger partial charge is 0.345 e. The third kappa shape index (κ3) is 8.74. The Kier molecular flexibility index (Phi) is 10.9. The molecule has 3 atom stereocenters. The Hall–Kier alpha value is -4.08. The van der Waals surface area contributed by atoms with Crippen LogP contribution in [0, 0.1) is 0 Å². The Labute approximate surface area is 257 Å². The van der Waals surface area contributed by atoms with Crippen LogP contribution in [0.15, 0.2) is 65.8 Å². The summed E-state index contributed by atoms with van der Waals surface area (Å²) in [5, 5.41) is 5.68. The molecule has 12 nitrogen and oxygen atoms in total. The number of rotatable bonds is 13. The molecule has 16 heteroatoms. The van der Waals surface area contributed by atoms with Crippen LogP contribution in [0.3, 0.4) is 0 Å². The average molecular weight is 653 g/mol. The molecule has 236 valence electrons. The zero-order valence-electron chi connectivity index (χ0n) is 23.5. The van der Waals surface area contributed by atoms with Gasteiger partial charge in [0.15, 0.2) is 9.84 Å². The quantitative estimate of drug-likeness (QED) is 0.251. The van der Waals surface area contributed by atoms with Crippen molar-refractivity contribution < 1.29 is 36.3 Å². The minimum atomic E-state index is -3.43. The first-order chi connectivity index (χ1) is 20.9. The SMILES string of the molecule is CCS(=O)(=O)c1ccc([C@H](CNC(N)=O)NC(=O)c2ccc(N3CC(Oc4ccc(Cl)cn4)C[C@H]3COC(F)F)nc2)cc1. The number of nitrogens with one attached hydrogen (secondary N) is 2. The summed E-state index contributed by atoms with van der Waals surface area (Å²) >= 11 is 5.88. The van der Waals surface area contributed by atoms with E-state index in [9.17, 15) is 26.8 Å². The minimum Gasteiger partial charge on any atom is -0.472 e. The fraction of sp³-hybridized carbons (Fsp3) is 0.357. The number of hydrogen-bond donors (Lipinski definition) is 3. The number of primary amides is 1. The van der Waals surface area contributed by atoms with Crippen LogP contribution in [0.25, 0.3) is 0 Å². The number of aromatic nitrogens is 2. The van der Waals surface area contributed by atoms with Crippen LogP contribution in [0.4, 0.5) is 19.4 Å². The Balaban J connectivity index is 1.48. The summed E-state index contributed by atoms with van der Waals surface area (Å²) in [6, 6.07) is 10.2. The van der Waals surface area contributed by atoms with E-state index in [0.29, 0.717) is 35.2 Å². The molecule has 4 rings (SSSR count). The summed E-state index contributed by atoms with van der Waals surface area (Å²) in [6.45, 7) is -1.45. The van der Waals surface area contributed by atoms with Crippen molar-refractivity contribution >= 4 is 39.2 Å². The number of halogens is 3. The molecule has 3 heterocycles. The highest BCUT2D eigenvalue weighted by atomic mass is 35.5. The number of carbonyl (C=O) groups is 2. The lowest BCUT2D eigenvalue weighted by atomic mass is 10.1. The van der Waals surface area contributed by atoms with Gasteiger partial charge in [-0.3, -0.25) is 4.79 Å². The number of nitrogens with two attached hydrogens (primary N) is 1. The van der Waals surface area contributed by atoms with E-state index in [4.69, 9.17) is 22.1 Å². The topological polar surface area (TPSA) is 166 Å². The molecule has 0 saturated carbocycles. The van der Waals surface area contributed by atoms with Crippen molar-refractivity contribution in [1.29, 1.82) is 0 Å². The number of hydrogen-bond acceptors (Lipinski definition) is 9. The van der Waals surface area contributed by atoms with Gasteiger partial charge >= 0.3 is 12.6 Å². The number of pyridine rings is 2. The van der Waals surface area contributed by atoms with E-state index in [1.807, 2.05) is 0 Å². The molecule has 0 bridgehead atoms. The van der Waals surface area contributed by atoms with Crippen LogP contribution in [-0.4, -0.2) is 74.5 Å². The van der Waals surface area contributed by atoms with Gasteiger partial charge in [-0.25, -0.2) is 23.2 Å². The van der Waals surface area contributed by atoms with Crippen molar-refractivity contribution in [3.05, 3.63) is 77.1 Å². The van der Waals surface area contributed by atoms with E-state index in [2.05, 4.69) is 25.3 Å². The third-order valence-electron chi connectivity index (χ3n) is 6.89. The van der Waals surface area contributed by atoms with Gasteiger partial charge < -0.3 is 30.7 Å². The van der Waals surface area contributed by atoms with Gasteiger partial charge in [0.2, 0.25) is 5.88 Å². The molecular formula is C28H31ClF2N6O6S. The molecule has 3 aromatic rings. The highest BCUT2D eigenvalue weighted by Gasteiger charge is 2.35. The normalized spacial score (nSPS) is 17.3. The number of sulfone groups is 1. The number of alkyl halides is 2. The lowest BCUT2D eigenvalue weighted by Gasteiger charge is -2.25. The van der Waals surface area contributed by atoms with Crippen LogP contribution in [-0.2, 0) is 14.6 Å². The molecule has 1 aromatic carbocycles. The summed E-state index contributed by atoms with van der Waals surface area (Å²) in [7, 11) is -3.43. The Morgan fingerprint density at radius 1 is 1.11 bits per heavy atom. The van der Waals surface area contributed by atoms with Crippen molar-refractivity contribution in [2.24, 2.45) is 5.73 Å².